The molecule has 2 N–H and O–H groups in total. The van der Waals surface area contributed by atoms with Gasteiger partial charge in [-0.1, -0.05) is 27.2 Å². The fourth-order valence-electron chi connectivity index (χ4n) is 3.72. The van der Waals surface area contributed by atoms with E-state index in [1.807, 2.05) is 7.05 Å². The smallest absolute Gasteiger partial charge is 0.191 e. The second-order valence-corrected chi connectivity index (χ2v) is 7.47. The van der Waals surface area contributed by atoms with E-state index in [1.165, 1.54) is 25.7 Å². The van der Waals surface area contributed by atoms with Crippen LogP contribution in [0.5, 0.6) is 0 Å². The first-order chi connectivity index (χ1) is 11.1. The van der Waals surface area contributed by atoms with Crippen LogP contribution in [0.15, 0.2) is 4.99 Å². The van der Waals surface area contributed by atoms with Crippen molar-refractivity contribution < 1.29 is 4.74 Å². The minimum absolute atomic E-state index is 0.513. The molecule has 5 heteroatoms. The van der Waals surface area contributed by atoms with Gasteiger partial charge >= 0.3 is 0 Å². The van der Waals surface area contributed by atoms with E-state index in [1.54, 1.807) is 0 Å². The molecule has 0 aromatic carbocycles. The first-order valence-electron chi connectivity index (χ1n) is 9.36. The van der Waals surface area contributed by atoms with E-state index in [4.69, 9.17) is 4.74 Å². The molecule has 5 nitrogen and oxygen atoms in total. The maximum absolute atomic E-state index is 5.49. The number of hydrogen-bond donors (Lipinski definition) is 2. The molecule has 1 unspecified atom stereocenters. The molecule has 1 saturated carbocycles. The first-order valence-corrected chi connectivity index (χ1v) is 9.36. The maximum atomic E-state index is 5.49. The Morgan fingerprint density at radius 2 is 1.91 bits per heavy atom. The molecule has 0 aromatic heterocycles. The van der Waals surface area contributed by atoms with Gasteiger partial charge in [0, 0.05) is 39.3 Å². The Kier molecular flexibility index (Phi) is 7.15. The average Bonchev–Trinajstić information content (AvgIpc) is 2.53. The summed E-state index contributed by atoms with van der Waals surface area (Å²) >= 11 is 0. The molecule has 0 radical (unpaired) electrons. The highest BCUT2D eigenvalue weighted by Crippen LogP contribution is 2.42. The van der Waals surface area contributed by atoms with Crippen molar-refractivity contribution in [3.05, 3.63) is 0 Å². The second kappa shape index (κ2) is 8.88. The van der Waals surface area contributed by atoms with Gasteiger partial charge in [0.2, 0.25) is 0 Å². The van der Waals surface area contributed by atoms with Gasteiger partial charge in [0.05, 0.1) is 13.2 Å². The molecule has 1 saturated heterocycles. The Balaban J connectivity index is 1.80. The predicted molar refractivity (Wildman–Crippen MR) is 97.0 cm³/mol. The Bertz CT molecular complexity index is 368. The molecule has 0 amide bonds. The van der Waals surface area contributed by atoms with Gasteiger partial charge in [0.1, 0.15) is 0 Å². The minimum Gasteiger partial charge on any atom is -0.379 e. The first kappa shape index (κ1) is 18.5. The second-order valence-electron chi connectivity index (χ2n) is 7.47. The minimum atomic E-state index is 0.513. The van der Waals surface area contributed by atoms with E-state index in [0.29, 0.717) is 17.4 Å². The summed E-state index contributed by atoms with van der Waals surface area (Å²) in [4.78, 5) is 6.96. The van der Waals surface area contributed by atoms with Crippen molar-refractivity contribution in [2.45, 2.75) is 52.5 Å². The Labute approximate surface area is 142 Å². The van der Waals surface area contributed by atoms with Gasteiger partial charge in [-0.3, -0.25) is 9.89 Å². The summed E-state index contributed by atoms with van der Waals surface area (Å²) in [6.07, 6.45) is 5.36. The van der Waals surface area contributed by atoms with Gasteiger partial charge in [0.25, 0.3) is 0 Å². The topological polar surface area (TPSA) is 48.9 Å². The van der Waals surface area contributed by atoms with Crippen molar-refractivity contribution >= 4 is 5.96 Å². The standard InChI is InChI=1S/C18H36N4O/c1-5-18(7-6-8-18)14-21-17(19-4)20-13-16(15(2)3)22-9-11-23-12-10-22/h15-16H,5-14H2,1-4H3,(H2,19,20,21). The highest BCUT2D eigenvalue weighted by Gasteiger charge is 2.35. The monoisotopic (exact) mass is 324 g/mol. The van der Waals surface area contributed by atoms with Crippen LogP contribution in [0, 0.1) is 11.3 Å². The number of nitrogens with one attached hydrogen (secondary N) is 2. The third-order valence-corrected chi connectivity index (χ3v) is 5.78. The zero-order chi connectivity index (χ0) is 16.7. The highest BCUT2D eigenvalue weighted by molar-refractivity contribution is 5.79. The van der Waals surface area contributed by atoms with E-state index in [2.05, 4.69) is 41.3 Å². The molecule has 1 heterocycles. The zero-order valence-electron chi connectivity index (χ0n) is 15.5. The zero-order valence-corrected chi connectivity index (χ0v) is 15.5. The van der Waals surface area contributed by atoms with Crippen molar-refractivity contribution in [2.24, 2.45) is 16.3 Å². The number of morpholine rings is 1. The molecule has 1 aliphatic heterocycles. The van der Waals surface area contributed by atoms with Crippen molar-refractivity contribution in [2.75, 3.05) is 46.4 Å². The summed E-state index contributed by atoms with van der Waals surface area (Å²) in [6.45, 7) is 12.7. The van der Waals surface area contributed by atoms with Crippen LogP contribution in [0.4, 0.5) is 0 Å². The molecule has 2 rings (SSSR count). The third-order valence-electron chi connectivity index (χ3n) is 5.78. The summed E-state index contributed by atoms with van der Waals surface area (Å²) in [6, 6.07) is 0.529. The van der Waals surface area contributed by atoms with Crippen molar-refractivity contribution in [1.29, 1.82) is 0 Å². The lowest BCUT2D eigenvalue weighted by Gasteiger charge is -2.42. The molecule has 1 aliphatic carbocycles. The molecule has 134 valence electrons. The lowest BCUT2D eigenvalue weighted by molar-refractivity contribution is 0.00750. The Morgan fingerprint density at radius 3 is 2.39 bits per heavy atom. The van der Waals surface area contributed by atoms with Crippen molar-refractivity contribution in [1.82, 2.24) is 15.5 Å². The number of aliphatic imine (C=N–C) groups is 1. The number of nitrogens with zero attached hydrogens (tertiary/aromatic N) is 2. The van der Waals surface area contributed by atoms with E-state index in [-0.39, 0.29) is 0 Å². The van der Waals surface area contributed by atoms with Crippen LogP contribution in [0.1, 0.15) is 46.5 Å². The van der Waals surface area contributed by atoms with E-state index >= 15 is 0 Å². The van der Waals surface area contributed by atoms with Gasteiger partial charge < -0.3 is 15.4 Å². The maximum Gasteiger partial charge on any atom is 0.191 e. The van der Waals surface area contributed by atoms with Crippen LogP contribution in [-0.4, -0.2) is 63.3 Å². The SMILES string of the molecule is CCC1(CNC(=NC)NCC(C(C)C)N2CCOCC2)CCC1. The molecule has 2 fully saturated rings. The number of hydrogen-bond acceptors (Lipinski definition) is 3. The fraction of sp³-hybridized carbons (Fsp3) is 0.944. The van der Waals surface area contributed by atoms with Crippen LogP contribution in [0.25, 0.3) is 0 Å². The summed E-state index contributed by atoms with van der Waals surface area (Å²) in [7, 11) is 1.87. The normalized spacial score (nSPS) is 23.4. The quantitative estimate of drug-likeness (QED) is 0.556. The summed E-state index contributed by atoms with van der Waals surface area (Å²) in [5, 5.41) is 7.11. The third kappa shape index (κ3) is 5.08. The van der Waals surface area contributed by atoms with Gasteiger partial charge in [-0.05, 0) is 30.6 Å². The van der Waals surface area contributed by atoms with Gasteiger partial charge in [-0.15, -0.1) is 0 Å². The van der Waals surface area contributed by atoms with E-state index in [9.17, 15) is 0 Å². The molecule has 0 spiro atoms. The summed E-state index contributed by atoms with van der Waals surface area (Å²) in [5.41, 5.74) is 0.513. The molecular weight excluding hydrogens is 288 g/mol. The van der Waals surface area contributed by atoms with Crippen molar-refractivity contribution in [3.8, 4) is 0 Å². The lowest BCUT2D eigenvalue weighted by atomic mass is 9.67. The van der Waals surface area contributed by atoms with Crippen molar-refractivity contribution in [3.63, 3.8) is 0 Å². The van der Waals surface area contributed by atoms with Gasteiger partial charge in [0.15, 0.2) is 5.96 Å². The van der Waals surface area contributed by atoms with Crippen LogP contribution in [0.2, 0.25) is 0 Å². The summed E-state index contributed by atoms with van der Waals surface area (Å²) < 4.78 is 5.49. The lowest BCUT2D eigenvalue weighted by Crippen LogP contribution is -2.53. The molecule has 1 atom stereocenters. The number of ether oxygens (including phenoxy) is 1. The molecule has 0 aromatic rings. The van der Waals surface area contributed by atoms with Crippen LogP contribution in [-0.2, 0) is 4.74 Å². The molecule has 2 aliphatic rings. The van der Waals surface area contributed by atoms with E-state index in [0.717, 1.165) is 45.4 Å². The Morgan fingerprint density at radius 1 is 1.22 bits per heavy atom. The highest BCUT2D eigenvalue weighted by atomic mass is 16.5. The molecule has 0 bridgehead atoms. The van der Waals surface area contributed by atoms with Crippen LogP contribution >= 0.6 is 0 Å². The van der Waals surface area contributed by atoms with E-state index < -0.39 is 0 Å². The Hall–Kier alpha value is -0.810. The number of guanidine groups is 1. The largest absolute Gasteiger partial charge is 0.379 e. The van der Waals surface area contributed by atoms with Gasteiger partial charge in [-0.25, -0.2) is 0 Å². The van der Waals surface area contributed by atoms with Gasteiger partial charge in [-0.2, -0.15) is 0 Å². The van der Waals surface area contributed by atoms with Crippen LogP contribution < -0.4 is 10.6 Å². The predicted octanol–water partition coefficient (Wildman–Crippen LogP) is 2.09. The fourth-order valence-corrected chi connectivity index (χ4v) is 3.72. The molecular formula is C18H36N4O. The van der Waals surface area contributed by atoms with Crippen LogP contribution in [0.3, 0.4) is 0 Å². The average molecular weight is 325 g/mol. The number of rotatable bonds is 7. The summed E-state index contributed by atoms with van der Waals surface area (Å²) in [5.74, 6) is 1.57. The molecule has 23 heavy (non-hydrogen) atoms.